The number of aromatic nitrogens is 3. The SMILES string of the molecule is COCOc1cc(-c2ncc3c(N4CCCC5(CCO5)C4)nc(OC[C@@]45CCCN4[C@H](CO[Si](c4ccccc4)(c4ccccc4)C(C)(C)C)CC5)nc3c2F)c2c(C#C[Si](C(C)C)(C(C)C)C(C)C)c(F)ccc2c1. The molecule has 2 aromatic heterocycles. The van der Waals surface area contributed by atoms with Gasteiger partial charge in [-0.3, -0.25) is 9.88 Å². The fraction of sp³-hybridized carbons (Fsp3) is 0.500. The van der Waals surface area contributed by atoms with Crippen molar-refractivity contribution >= 4 is 54.3 Å². The molecule has 0 bridgehead atoms. The van der Waals surface area contributed by atoms with Crippen LogP contribution < -0.4 is 24.7 Å². The highest BCUT2D eigenvalue weighted by molar-refractivity contribution is 6.99. The lowest BCUT2D eigenvalue weighted by Gasteiger charge is -2.48. The molecule has 0 N–H and O–H groups in total. The first kappa shape index (κ1) is 54.1. The van der Waals surface area contributed by atoms with Gasteiger partial charge >= 0.3 is 6.01 Å². The van der Waals surface area contributed by atoms with Gasteiger partial charge in [0, 0.05) is 49.8 Å². The van der Waals surface area contributed by atoms with E-state index < -0.39 is 28.0 Å². The Labute approximate surface area is 451 Å². The van der Waals surface area contributed by atoms with E-state index in [0.717, 1.165) is 58.1 Å². The Balaban J connectivity index is 1.04. The highest BCUT2D eigenvalue weighted by Gasteiger charge is 2.54. The second-order valence-electron chi connectivity index (χ2n) is 24.0. The van der Waals surface area contributed by atoms with Gasteiger partial charge in [-0.05, 0) is 101 Å². The number of fused-ring (bicyclic) bond motifs is 3. The summed E-state index contributed by atoms with van der Waals surface area (Å²) in [5.41, 5.74) is 4.80. The number of piperidine rings is 1. The topological polar surface area (TPSA) is 91.3 Å². The molecule has 0 aliphatic carbocycles. The van der Waals surface area contributed by atoms with Gasteiger partial charge in [-0.1, -0.05) is 135 Å². The van der Waals surface area contributed by atoms with E-state index in [0.29, 0.717) is 76.2 Å². The van der Waals surface area contributed by atoms with E-state index in [-0.39, 0.29) is 51.8 Å². The van der Waals surface area contributed by atoms with E-state index in [1.54, 1.807) is 25.4 Å². The summed E-state index contributed by atoms with van der Waals surface area (Å²) in [6.07, 6.45) is 8.36. The molecule has 14 heteroatoms. The molecule has 4 aliphatic heterocycles. The van der Waals surface area contributed by atoms with Crippen LogP contribution in [0.5, 0.6) is 11.8 Å². The predicted octanol–water partition coefficient (Wildman–Crippen LogP) is 12.4. The number of hydrogen-bond acceptors (Lipinski definition) is 10. The minimum Gasteiger partial charge on any atom is -0.468 e. The van der Waals surface area contributed by atoms with Crippen LogP contribution in [0.25, 0.3) is 32.9 Å². The van der Waals surface area contributed by atoms with Crippen LogP contribution in [0, 0.1) is 23.1 Å². The number of anilines is 1. The van der Waals surface area contributed by atoms with Crippen LogP contribution in [0.2, 0.25) is 21.7 Å². The van der Waals surface area contributed by atoms with Gasteiger partial charge < -0.3 is 28.3 Å². The standard InChI is InChI=1S/C62H77F2N5O5Si2/c1-42(2)75(43(3)4,44(5)6)34-26-50-53(63)24-23-45-35-47(72-41-70-10)36-51(54(45)50)56-55(64)57-52(37-65-56)58(68-31-18-28-62(39-68)30-33-73-62)67-59(66-57)71-40-61-27-17-32-69(61)46(25-29-61)38-74-76(60(7,8)9,48-19-13-11-14-20-48)49-21-15-12-16-22-49/h11-16,19-24,35-37,42-44,46H,17-18,25,27-33,38-41H2,1-10H3/t46-,61-,62?/m0/s1. The molecule has 6 heterocycles. The van der Waals surface area contributed by atoms with Gasteiger partial charge in [0.25, 0.3) is 8.32 Å². The Morgan fingerprint density at radius 3 is 2.14 bits per heavy atom. The second kappa shape index (κ2) is 21.5. The molecule has 6 aromatic rings. The number of nitrogens with zero attached hydrogens (tertiary/aromatic N) is 5. The maximum atomic E-state index is 18.2. The van der Waals surface area contributed by atoms with E-state index in [1.165, 1.54) is 16.4 Å². The summed E-state index contributed by atoms with van der Waals surface area (Å²) in [6, 6.07) is 28.6. The Kier molecular flexibility index (Phi) is 15.3. The van der Waals surface area contributed by atoms with Crippen LogP contribution in [0.4, 0.5) is 14.6 Å². The van der Waals surface area contributed by atoms with Crippen molar-refractivity contribution in [3.05, 3.63) is 108 Å². The first-order chi connectivity index (χ1) is 36.5. The van der Waals surface area contributed by atoms with Crippen molar-refractivity contribution in [2.75, 3.05) is 58.3 Å². The summed E-state index contributed by atoms with van der Waals surface area (Å²) < 4.78 is 66.7. The van der Waals surface area contributed by atoms with Crippen molar-refractivity contribution in [2.45, 2.75) is 146 Å². The van der Waals surface area contributed by atoms with Gasteiger partial charge in [-0.15, -0.1) is 5.54 Å². The molecule has 3 atom stereocenters. The molecule has 10 nitrogen and oxygen atoms in total. The van der Waals surface area contributed by atoms with Crippen LogP contribution in [-0.4, -0.2) is 107 Å². The van der Waals surface area contributed by atoms with Gasteiger partial charge in [-0.25, -0.2) is 8.78 Å². The van der Waals surface area contributed by atoms with Gasteiger partial charge in [0.1, 0.15) is 43.3 Å². The second-order valence-corrected chi connectivity index (χ2v) is 33.9. The minimum absolute atomic E-state index is 0.00206. The van der Waals surface area contributed by atoms with Crippen molar-refractivity contribution in [3.63, 3.8) is 0 Å². The van der Waals surface area contributed by atoms with E-state index >= 15 is 8.78 Å². The summed E-state index contributed by atoms with van der Waals surface area (Å²) in [5.74, 6) is 3.24. The average molecular weight is 1070 g/mol. The number of rotatable bonds is 16. The first-order valence-electron chi connectivity index (χ1n) is 27.8. The van der Waals surface area contributed by atoms with E-state index in [9.17, 15) is 0 Å². The molecule has 4 saturated heterocycles. The fourth-order valence-electron chi connectivity index (χ4n) is 14.0. The highest BCUT2D eigenvalue weighted by atomic mass is 28.4. The van der Waals surface area contributed by atoms with Crippen LogP contribution in [0.3, 0.4) is 0 Å². The zero-order valence-corrected chi connectivity index (χ0v) is 48.4. The number of ether oxygens (including phenoxy) is 4. The van der Waals surface area contributed by atoms with Crippen molar-refractivity contribution < 1.29 is 32.2 Å². The average Bonchev–Trinajstić information content (AvgIpc) is 4.06. The van der Waals surface area contributed by atoms with Gasteiger partial charge in [0.2, 0.25) is 0 Å². The number of benzene rings is 4. The third-order valence-electron chi connectivity index (χ3n) is 17.8. The van der Waals surface area contributed by atoms with Crippen LogP contribution >= 0.6 is 0 Å². The molecule has 0 saturated carbocycles. The van der Waals surface area contributed by atoms with Gasteiger partial charge in [0.15, 0.2) is 12.6 Å². The molecular formula is C62H77F2N5O5Si2. The molecule has 1 unspecified atom stereocenters. The van der Waals surface area contributed by atoms with Crippen molar-refractivity contribution in [2.24, 2.45) is 0 Å². The summed E-state index contributed by atoms with van der Waals surface area (Å²) in [4.78, 5) is 19.8. The summed E-state index contributed by atoms with van der Waals surface area (Å²) in [5, 5.41) is 3.96. The van der Waals surface area contributed by atoms with Gasteiger partial charge in [0.05, 0.1) is 35.3 Å². The van der Waals surface area contributed by atoms with Crippen LogP contribution in [-0.2, 0) is 13.9 Å². The molecule has 4 fully saturated rings. The van der Waals surface area contributed by atoms with Crippen LogP contribution in [0.15, 0.2) is 91.1 Å². The number of pyridine rings is 1. The van der Waals surface area contributed by atoms with E-state index in [1.807, 2.05) is 6.07 Å². The lowest BCUT2D eigenvalue weighted by atomic mass is 9.86. The van der Waals surface area contributed by atoms with Crippen molar-refractivity contribution in [3.8, 4) is 34.5 Å². The molecule has 402 valence electrons. The molecule has 0 radical (unpaired) electrons. The highest BCUT2D eigenvalue weighted by Crippen LogP contribution is 2.47. The molecular weight excluding hydrogens is 989 g/mol. The quantitative estimate of drug-likeness (QED) is 0.0530. The van der Waals surface area contributed by atoms with Crippen molar-refractivity contribution in [1.29, 1.82) is 0 Å². The van der Waals surface area contributed by atoms with Gasteiger partial charge in [-0.2, -0.15) is 9.97 Å². The third kappa shape index (κ3) is 9.65. The van der Waals surface area contributed by atoms with E-state index in [4.69, 9.17) is 38.3 Å². The Bertz CT molecular complexity index is 3060. The number of methoxy groups -OCH3 is 1. The minimum atomic E-state index is -2.77. The molecule has 0 amide bonds. The van der Waals surface area contributed by atoms with Crippen molar-refractivity contribution in [1.82, 2.24) is 19.9 Å². The largest absolute Gasteiger partial charge is 0.468 e. The fourth-order valence-corrected chi connectivity index (χ4v) is 23.8. The lowest BCUT2D eigenvalue weighted by molar-refractivity contribution is -0.151. The first-order valence-corrected chi connectivity index (χ1v) is 31.9. The Hall–Kier alpha value is -5.28. The summed E-state index contributed by atoms with van der Waals surface area (Å²) >= 11 is 0. The maximum Gasteiger partial charge on any atom is 0.319 e. The zero-order valence-electron chi connectivity index (χ0n) is 46.4. The molecule has 4 aromatic carbocycles. The number of halogens is 2. The molecule has 76 heavy (non-hydrogen) atoms. The summed E-state index contributed by atoms with van der Waals surface area (Å²) in [7, 11) is -3.55. The predicted molar refractivity (Wildman–Crippen MR) is 306 cm³/mol. The normalized spacial score (nSPS) is 21.2. The monoisotopic (exact) mass is 1070 g/mol. The zero-order chi connectivity index (χ0) is 53.6. The lowest BCUT2D eigenvalue weighted by Crippen LogP contribution is -2.67. The Morgan fingerprint density at radius 1 is 0.829 bits per heavy atom. The molecule has 1 spiro atoms. The Morgan fingerprint density at radius 2 is 1.51 bits per heavy atom. The number of hydrogen-bond donors (Lipinski definition) is 0. The van der Waals surface area contributed by atoms with E-state index in [2.05, 4.69) is 144 Å². The summed E-state index contributed by atoms with van der Waals surface area (Å²) in [6.45, 7) is 24.3. The molecule has 4 aliphatic rings. The van der Waals surface area contributed by atoms with Crippen LogP contribution in [0.1, 0.15) is 113 Å². The molecule has 10 rings (SSSR count). The maximum absolute atomic E-state index is 18.2. The third-order valence-corrected chi connectivity index (χ3v) is 29.1. The smallest absolute Gasteiger partial charge is 0.319 e.